The van der Waals surface area contributed by atoms with Crippen LogP contribution in [0.5, 0.6) is 11.5 Å². The maximum Gasteiger partial charge on any atom is 0.231 e. The highest BCUT2D eigenvalue weighted by Gasteiger charge is 2.16. The Morgan fingerprint density at radius 1 is 0.857 bits per heavy atom. The molecular formula is C18H14O2S. The van der Waals surface area contributed by atoms with E-state index in [1.54, 1.807) is 11.8 Å². The van der Waals surface area contributed by atoms with Gasteiger partial charge in [-0.05, 0) is 52.4 Å². The van der Waals surface area contributed by atoms with Gasteiger partial charge in [0, 0.05) is 4.90 Å². The first-order valence-corrected chi connectivity index (χ1v) is 8.04. The number of thioether (sulfide) groups is 1. The second-order valence-corrected chi connectivity index (χ2v) is 5.82. The van der Waals surface area contributed by atoms with Gasteiger partial charge in [0.05, 0.1) is 0 Å². The Bertz CT molecular complexity index is 812. The van der Waals surface area contributed by atoms with Crippen LogP contribution in [0, 0.1) is 0 Å². The van der Waals surface area contributed by atoms with Crippen molar-refractivity contribution in [3.05, 3.63) is 54.6 Å². The summed E-state index contributed by atoms with van der Waals surface area (Å²) in [7, 11) is 0. The molecule has 104 valence electrons. The fourth-order valence-corrected chi connectivity index (χ4v) is 3.33. The molecule has 1 aliphatic heterocycles. The van der Waals surface area contributed by atoms with Crippen molar-refractivity contribution in [3.63, 3.8) is 0 Å². The Balaban J connectivity index is 1.97. The molecular weight excluding hydrogens is 280 g/mol. The van der Waals surface area contributed by atoms with Gasteiger partial charge in [-0.3, -0.25) is 0 Å². The van der Waals surface area contributed by atoms with Crippen LogP contribution in [0.15, 0.2) is 59.5 Å². The van der Waals surface area contributed by atoms with Gasteiger partial charge >= 0.3 is 0 Å². The molecule has 3 aromatic rings. The van der Waals surface area contributed by atoms with E-state index in [2.05, 4.69) is 54.8 Å². The second kappa shape index (κ2) is 5.01. The third kappa shape index (κ3) is 2.14. The van der Waals surface area contributed by atoms with Crippen LogP contribution < -0.4 is 9.47 Å². The van der Waals surface area contributed by atoms with Crippen molar-refractivity contribution in [2.45, 2.75) is 4.90 Å². The van der Waals surface area contributed by atoms with Crippen molar-refractivity contribution in [1.82, 2.24) is 0 Å². The highest BCUT2D eigenvalue weighted by molar-refractivity contribution is 7.98. The molecule has 0 saturated carbocycles. The number of rotatable bonds is 2. The van der Waals surface area contributed by atoms with Crippen LogP contribution in [0.1, 0.15) is 0 Å². The summed E-state index contributed by atoms with van der Waals surface area (Å²) < 4.78 is 11.0. The first-order valence-electron chi connectivity index (χ1n) is 6.82. The summed E-state index contributed by atoms with van der Waals surface area (Å²) in [6, 6.07) is 19.1. The number of ether oxygens (including phenoxy) is 2. The molecule has 21 heavy (non-hydrogen) atoms. The van der Waals surface area contributed by atoms with Crippen LogP contribution >= 0.6 is 11.8 Å². The minimum absolute atomic E-state index is 0.311. The summed E-state index contributed by atoms with van der Waals surface area (Å²) in [5.74, 6) is 1.67. The average molecular weight is 294 g/mol. The van der Waals surface area contributed by atoms with E-state index < -0.39 is 0 Å². The van der Waals surface area contributed by atoms with Gasteiger partial charge < -0.3 is 9.47 Å². The molecule has 0 amide bonds. The number of fused-ring (bicyclic) bond motifs is 2. The molecule has 3 heteroatoms. The van der Waals surface area contributed by atoms with Gasteiger partial charge in [-0.2, -0.15) is 0 Å². The Hall–Kier alpha value is -2.13. The highest BCUT2D eigenvalue weighted by Crippen LogP contribution is 2.40. The lowest BCUT2D eigenvalue weighted by atomic mass is 10.0. The van der Waals surface area contributed by atoms with Crippen molar-refractivity contribution in [3.8, 4) is 22.6 Å². The zero-order chi connectivity index (χ0) is 14.2. The Kier molecular flexibility index (Phi) is 3.00. The topological polar surface area (TPSA) is 18.5 Å². The van der Waals surface area contributed by atoms with Gasteiger partial charge in [0.2, 0.25) is 6.79 Å². The SMILES string of the molecule is CSc1cc(-c2ccccc2)cc2cc3c(cc12)OCO3. The lowest BCUT2D eigenvalue weighted by Gasteiger charge is -2.10. The second-order valence-electron chi connectivity index (χ2n) is 4.97. The summed E-state index contributed by atoms with van der Waals surface area (Å²) in [6.07, 6.45) is 2.11. The van der Waals surface area contributed by atoms with Crippen molar-refractivity contribution in [2.24, 2.45) is 0 Å². The summed E-state index contributed by atoms with van der Waals surface area (Å²) >= 11 is 1.76. The molecule has 0 fully saturated rings. The summed E-state index contributed by atoms with van der Waals surface area (Å²) in [5.41, 5.74) is 2.46. The van der Waals surface area contributed by atoms with E-state index in [4.69, 9.17) is 9.47 Å². The molecule has 0 N–H and O–H groups in total. The van der Waals surface area contributed by atoms with Crippen LogP contribution in [0.4, 0.5) is 0 Å². The van der Waals surface area contributed by atoms with E-state index in [-0.39, 0.29) is 0 Å². The number of hydrogen-bond donors (Lipinski definition) is 0. The first-order chi connectivity index (χ1) is 10.3. The average Bonchev–Trinajstić information content (AvgIpc) is 2.99. The van der Waals surface area contributed by atoms with E-state index in [0.717, 1.165) is 11.5 Å². The quantitative estimate of drug-likeness (QED) is 0.623. The molecule has 0 atom stereocenters. The standard InChI is InChI=1S/C18H14O2S/c1-21-18-9-13(12-5-3-2-4-6-12)7-14-8-16-17(10-15(14)18)20-11-19-16/h2-10H,11H2,1H3. The predicted octanol–water partition coefficient (Wildman–Crippen LogP) is 4.96. The molecule has 2 nitrogen and oxygen atoms in total. The molecule has 0 spiro atoms. The van der Waals surface area contributed by atoms with Gasteiger partial charge in [0.15, 0.2) is 11.5 Å². The van der Waals surface area contributed by atoms with E-state index >= 15 is 0 Å². The fraction of sp³-hybridized carbons (Fsp3) is 0.111. The third-order valence-corrected chi connectivity index (χ3v) is 4.51. The molecule has 0 saturated heterocycles. The molecule has 1 aliphatic rings. The molecule has 0 bridgehead atoms. The largest absolute Gasteiger partial charge is 0.454 e. The number of benzene rings is 3. The van der Waals surface area contributed by atoms with E-state index in [0.29, 0.717) is 6.79 Å². The lowest BCUT2D eigenvalue weighted by molar-refractivity contribution is 0.174. The lowest BCUT2D eigenvalue weighted by Crippen LogP contribution is -1.92. The maximum atomic E-state index is 5.50. The van der Waals surface area contributed by atoms with Gasteiger partial charge in [-0.15, -0.1) is 11.8 Å². The van der Waals surface area contributed by atoms with E-state index in [1.165, 1.54) is 26.8 Å². The van der Waals surface area contributed by atoms with E-state index in [9.17, 15) is 0 Å². The van der Waals surface area contributed by atoms with Crippen molar-refractivity contribution in [2.75, 3.05) is 13.0 Å². The first kappa shape index (κ1) is 12.6. The van der Waals surface area contributed by atoms with Crippen LogP contribution in [0.3, 0.4) is 0 Å². The smallest absolute Gasteiger partial charge is 0.231 e. The fourth-order valence-electron chi connectivity index (χ4n) is 2.68. The molecule has 0 unspecified atom stereocenters. The zero-order valence-corrected chi connectivity index (χ0v) is 12.4. The van der Waals surface area contributed by atoms with Crippen LogP contribution in [-0.2, 0) is 0 Å². The van der Waals surface area contributed by atoms with Gasteiger partial charge in [0.1, 0.15) is 0 Å². The Labute approximate surface area is 127 Å². The maximum absolute atomic E-state index is 5.50. The Morgan fingerprint density at radius 2 is 1.62 bits per heavy atom. The minimum atomic E-state index is 0.311. The van der Waals surface area contributed by atoms with Crippen molar-refractivity contribution < 1.29 is 9.47 Å². The van der Waals surface area contributed by atoms with Crippen molar-refractivity contribution in [1.29, 1.82) is 0 Å². The molecule has 1 heterocycles. The summed E-state index contributed by atoms with van der Waals surface area (Å²) in [6.45, 7) is 0.311. The minimum Gasteiger partial charge on any atom is -0.454 e. The highest BCUT2D eigenvalue weighted by atomic mass is 32.2. The normalized spacial score (nSPS) is 12.8. The van der Waals surface area contributed by atoms with E-state index in [1.807, 2.05) is 6.07 Å². The van der Waals surface area contributed by atoms with Crippen LogP contribution in [-0.4, -0.2) is 13.0 Å². The van der Waals surface area contributed by atoms with Gasteiger partial charge in [-0.1, -0.05) is 30.3 Å². The van der Waals surface area contributed by atoms with Crippen LogP contribution in [0.25, 0.3) is 21.9 Å². The summed E-state index contributed by atoms with van der Waals surface area (Å²) in [5, 5.41) is 2.40. The molecule has 0 radical (unpaired) electrons. The van der Waals surface area contributed by atoms with Crippen molar-refractivity contribution >= 4 is 22.5 Å². The van der Waals surface area contributed by atoms with Gasteiger partial charge in [-0.25, -0.2) is 0 Å². The molecule has 3 aromatic carbocycles. The van der Waals surface area contributed by atoms with Gasteiger partial charge in [0.25, 0.3) is 0 Å². The molecule has 4 rings (SSSR count). The summed E-state index contributed by atoms with van der Waals surface area (Å²) in [4.78, 5) is 1.25. The van der Waals surface area contributed by atoms with Crippen LogP contribution in [0.2, 0.25) is 0 Å². The zero-order valence-electron chi connectivity index (χ0n) is 11.6. The third-order valence-electron chi connectivity index (χ3n) is 3.73. The molecule has 0 aliphatic carbocycles. The molecule has 0 aromatic heterocycles. The predicted molar refractivity (Wildman–Crippen MR) is 87.3 cm³/mol. The Morgan fingerprint density at radius 3 is 2.38 bits per heavy atom. The monoisotopic (exact) mass is 294 g/mol. The number of hydrogen-bond acceptors (Lipinski definition) is 3.